The van der Waals surface area contributed by atoms with Crippen LogP contribution >= 0.6 is 11.8 Å². The average molecular weight is 281 g/mol. The summed E-state index contributed by atoms with van der Waals surface area (Å²) in [6.07, 6.45) is 2.14. The largest absolute Gasteiger partial charge is 0.359 e. The van der Waals surface area contributed by atoms with E-state index >= 15 is 0 Å². The van der Waals surface area contributed by atoms with Crippen LogP contribution in [-0.4, -0.2) is 36.6 Å². The second-order valence-corrected chi connectivity index (χ2v) is 6.32. The van der Waals surface area contributed by atoms with Crippen LogP contribution in [0.1, 0.15) is 30.7 Å². The lowest BCUT2D eigenvalue weighted by Gasteiger charge is -2.23. The standard InChI is InChI=1S/C15H27N3S/c1-11(2)16-10-14-12(3)9-13(4)17-15(14)18(5)7-8-19-6/h9,11,16H,7-8,10H2,1-6H3. The molecule has 1 N–H and O–H groups in total. The highest BCUT2D eigenvalue weighted by molar-refractivity contribution is 7.98. The molecule has 0 saturated carbocycles. The molecule has 1 aromatic heterocycles. The quantitative estimate of drug-likeness (QED) is 0.831. The Morgan fingerprint density at radius 1 is 1.37 bits per heavy atom. The molecule has 1 aromatic rings. The zero-order valence-electron chi connectivity index (χ0n) is 13.1. The monoisotopic (exact) mass is 281 g/mol. The highest BCUT2D eigenvalue weighted by atomic mass is 32.2. The van der Waals surface area contributed by atoms with Crippen molar-refractivity contribution in [3.05, 3.63) is 22.9 Å². The van der Waals surface area contributed by atoms with Crippen molar-refractivity contribution in [2.45, 2.75) is 40.3 Å². The van der Waals surface area contributed by atoms with Gasteiger partial charge >= 0.3 is 0 Å². The number of aromatic nitrogens is 1. The van der Waals surface area contributed by atoms with Gasteiger partial charge in [0.2, 0.25) is 0 Å². The van der Waals surface area contributed by atoms with Crippen molar-refractivity contribution in [1.29, 1.82) is 0 Å². The van der Waals surface area contributed by atoms with Crippen LogP contribution in [0.3, 0.4) is 0 Å². The van der Waals surface area contributed by atoms with Gasteiger partial charge in [-0.1, -0.05) is 13.8 Å². The zero-order chi connectivity index (χ0) is 14.4. The summed E-state index contributed by atoms with van der Waals surface area (Å²) < 4.78 is 0. The third-order valence-corrected chi connectivity index (χ3v) is 3.72. The minimum absolute atomic E-state index is 0.491. The summed E-state index contributed by atoms with van der Waals surface area (Å²) in [5, 5.41) is 3.50. The van der Waals surface area contributed by atoms with Crippen molar-refractivity contribution in [2.75, 3.05) is 30.5 Å². The molecular formula is C15H27N3S. The third kappa shape index (κ3) is 5.03. The minimum atomic E-state index is 0.491. The summed E-state index contributed by atoms with van der Waals surface area (Å²) in [5.74, 6) is 2.25. The first-order valence-electron chi connectivity index (χ1n) is 6.86. The molecule has 0 radical (unpaired) electrons. The molecule has 0 aliphatic heterocycles. The molecule has 0 aliphatic carbocycles. The van der Waals surface area contributed by atoms with Crippen LogP contribution < -0.4 is 10.2 Å². The van der Waals surface area contributed by atoms with Crippen LogP contribution in [0.5, 0.6) is 0 Å². The lowest BCUT2D eigenvalue weighted by molar-refractivity contribution is 0.586. The van der Waals surface area contributed by atoms with Gasteiger partial charge in [0.15, 0.2) is 0 Å². The van der Waals surface area contributed by atoms with Crippen molar-refractivity contribution in [3.8, 4) is 0 Å². The van der Waals surface area contributed by atoms with Crippen molar-refractivity contribution in [1.82, 2.24) is 10.3 Å². The van der Waals surface area contributed by atoms with Gasteiger partial charge in [0.1, 0.15) is 5.82 Å². The van der Waals surface area contributed by atoms with Gasteiger partial charge in [-0.2, -0.15) is 11.8 Å². The van der Waals surface area contributed by atoms with E-state index in [1.807, 2.05) is 11.8 Å². The molecule has 0 aromatic carbocycles. The Morgan fingerprint density at radius 2 is 2.05 bits per heavy atom. The Labute approximate surface area is 122 Å². The fourth-order valence-electron chi connectivity index (χ4n) is 2.02. The van der Waals surface area contributed by atoms with Gasteiger partial charge in [0.25, 0.3) is 0 Å². The maximum absolute atomic E-state index is 4.74. The van der Waals surface area contributed by atoms with Crippen LogP contribution in [0.15, 0.2) is 6.07 Å². The lowest BCUT2D eigenvalue weighted by Crippen LogP contribution is -2.27. The summed E-state index contributed by atoms with van der Waals surface area (Å²) >= 11 is 1.87. The van der Waals surface area contributed by atoms with Crippen LogP contribution in [0, 0.1) is 13.8 Å². The molecule has 3 nitrogen and oxygen atoms in total. The van der Waals surface area contributed by atoms with Gasteiger partial charge in [0, 0.05) is 43.2 Å². The van der Waals surface area contributed by atoms with E-state index in [1.165, 1.54) is 11.1 Å². The highest BCUT2D eigenvalue weighted by Gasteiger charge is 2.13. The van der Waals surface area contributed by atoms with E-state index in [4.69, 9.17) is 4.98 Å². The van der Waals surface area contributed by atoms with Crippen molar-refractivity contribution < 1.29 is 0 Å². The summed E-state index contributed by atoms with van der Waals surface area (Å²) in [4.78, 5) is 7.01. The first-order chi connectivity index (χ1) is 8.95. The predicted molar refractivity (Wildman–Crippen MR) is 87.3 cm³/mol. The van der Waals surface area contributed by atoms with Crippen LogP contribution in [0.4, 0.5) is 5.82 Å². The van der Waals surface area contributed by atoms with E-state index in [0.29, 0.717) is 6.04 Å². The van der Waals surface area contributed by atoms with Gasteiger partial charge in [-0.25, -0.2) is 4.98 Å². The van der Waals surface area contributed by atoms with E-state index in [2.05, 4.69) is 57.3 Å². The summed E-state index contributed by atoms with van der Waals surface area (Å²) in [5.41, 5.74) is 3.74. The number of pyridine rings is 1. The number of rotatable bonds is 7. The molecule has 0 fully saturated rings. The number of aryl methyl sites for hydroxylation is 2. The van der Waals surface area contributed by atoms with Gasteiger partial charge < -0.3 is 10.2 Å². The van der Waals surface area contributed by atoms with E-state index < -0.39 is 0 Å². The van der Waals surface area contributed by atoms with Crippen LogP contribution in [-0.2, 0) is 6.54 Å². The minimum Gasteiger partial charge on any atom is -0.359 e. The average Bonchev–Trinajstić information content (AvgIpc) is 2.33. The van der Waals surface area contributed by atoms with Gasteiger partial charge in [0.05, 0.1) is 0 Å². The molecule has 108 valence electrons. The van der Waals surface area contributed by atoms with Gasteiger partial charge in [-0.3, -0.25) is 0 Å². The van der Waals surface area contributed by atoms with Gasteiger partial charge in [-0.15, -0.1) is 0 Å². The molecule has 0 saturated heterocycles. The Hall–Kier alpha value is -0.740. The predicted octanol–water partition coefficient (Wildman–Crippen LogP) is 3.00. The van der Waals surface area contributed by atoms with E-state index in [9.17, 15) is 0 Å². The van der Waals surface area contributed by atoms with Crippen LogP contribution in [0.25, 0.3) is 0 Å². The Kier molecular flexibility index (Phi) is 6.66. The first kappa shape index (κ1) is 16.3. The topological polar surface area (TPSA) is 28.2 Å². The lowest BCUT2D eigenvalue weighted by atomic mass is 10.1. The fourth-order valence-corrected chi connectivity index (χ4v) is 2.47. The second-order valence-electron chi connectivity index (χ2n) is 5.33. The van der Waals surface area contributed by atoms with Crippen molar-refractivity contribution in [3.63, 3.8) is 0 Å². The maximum atomic E-state index is 4.74. The number of hydrogen-bond acceptors (Lipinski definition) is 4. The number of nitrogens with one attached hydrogen (secondary N) is 1. The molecule has 0 atom stereocenters. The van der Waals surface area contributed by atoms with Crippen molar-refractivity contribution >= 4 is 17.6 Å². The summed E-state index contributed by atoms with van der Waals surface area (Å²) in [6, 6.07) is 2.66. The number of hydrogen-bond donors (Lipinski definition) is 1. The maximum Gasteiger partial charge on any atom is 0.133 e. The second kappa shape index (κ2) is 7.75. The molecule has 1 rings (SSSR count). The molecule has 0 spiro atoms. The van der Waals surface area contributed by atoms with Crippen molar-refractivity contribution in [2.24, 2.45) is 0 Å². The molecule has 19 heavy (non-hydrogen) atoms. The van der Waals surface area contributed by atoms with Crippen LogP contribution in [0.2, 0.25) is 0 Å². The number of nitrogens with zero attached hydrogens (tertiary/aromatic N) is 2. The smallest absolute Gasteiger partial charge is 0.133 e. The third-order valence-electron chi connectivity index (χ3n) is 3.13. The fraction of sp³-hybridized carbons (Fsp3) is 0.667. The Bertz CT molecular complexity index is 405. The Balaban J connectivity index is 2.98. The molecule has 0 amide bonds. The number of thioether (sulfide) groups is 1. The van der Waals surface area contributed by atoms with Gasteiger partial charge in [-0.05, 0) is 31.7 Å². The molecule has 4 heteroatoms. The molecule has 0 aliphatic rings. The summed E-state index contributed by atoms with van der Waals surface area (Å²) in [7, 11) is 2.14. The van der Waals surface area contributed by atoms with E-state index in [0.717, 1.165) is 30.4 Å². The SMILES string of the molecule is CSCCN(C)c1nc(C)cc(C)c1CNC(C)C. The molecular weight excluding hydrogens is 254 g/mol. The van der Waals surface area contributed by atoms with E-state index in [1.54, 1.807) is 0 Å². The van der Waals surface area contributed by atoms with E-state index in [-0.39, 0.29) is 0 Å². The molecule has 0 bridgehead atoms. The summed E-state index contributed by atoms with van der Waals surface area (Å²) in [6.45, 7) is 10.5. The first-order valence-corrected chi connectivity index (χ1v) is 8.25. The Morgan fingerprint density at radius 3 is 2.63 bits per heavy atom. The highest BCUT2D eigenvalue weighted by Crippen LogP contribution is 2.22. The normalized spacial score (nSPS) is 11.1. The molecule has 1 heterocycles. The number of anilines is 1. The molecule has 0 unspecified atom stereocenters. The zero-order valence-corrected chi connectivity index (χ0v) is 13.9.